The fourth-order valence-electron chi connectivity index (χ4n) is 3.04. The molecule has 1 fully saturated rings. The van der Waals surface area contributed by atoms with Crippen molar-refractivity contribution in [3.63, 3.8) is 0 Å². The Morgan fingerprint density at radius 1 is 0.967 bits per heavy atom. The number of anilines is 3. The summed E-state index contributed by atoms with van der Waals surface area (Å²) in [6.07, 6.45) is 1.50. The van der Waals surface area contributed by atoms with Gasteiger partial charge in [-0.1, -0.05) is 17.7 Å². The molecule has 0 saturated carbocycles. The Balaban J connectivity index is 1.87. The van der Waals surface area contributed by atoms with Gasteiger partial charge in [-0.2, -0.15) is 0 Å². The van der Waals surface area contributed by atoms with E-state index in [1.165, 1.54) is 0 Å². The van der Waals surface area contributed by atoms with Crippen LogP contribution in [0.2, 0.25) is 0 Å². The van der Waals surface area contributed by atoms with E-state index in [0.29, 0.717) is 49.3 Å². The lowest BCUT2D eigenvalue weighted by atomic mass is 10.1. The summed E-state index contributed by atoms with van der Waals surface area (Å²) in [4.78, 5) is 37.4. The summed E-state index contributed by atoms with van der Waals surface area (Å²) in [6, 6.07) is 12.4. The van der Waals surface area contributed by atoms with Crippen molar-refractivity contribution < 1.29 is 24.2 Å². The zero-order chi connectivity index (χ0) is 21.5. The van der Waals surface area contributed by atoms with Crippen LogP contribution in [0.15, 0.2) is 54.6 Å². The first kappa shape index (κ1) is 21.1. The van der Waals surface area contributed by atoms with Crippen LogP contribution in [0.4, 0.5) is 17.1 Å². The third-order valence-corrected chi connectivity index (χ3v) is 4.54. The highest BCUT2D eigenvalue weighted by Crippen LogP contribution is 2.26. The number of rotatable bonds is 6. The molecule has 0 aromatic heterocycles. The standard InChI is InChI=1S/C22H23N3O5/c1-15-2-4-16(5-3-15)24-22(29)18-14-17(23-20(26)8-9-21(27)28)6-7-19(18)25-10-12-30-13-11-25/h2-9,14H,10-13H2,1H3,(H,23,26)(H,24,29)(H,27,28)/p-1/b9-8-. The smallest absolute Gasteiger partial charge is 0.257 e. The lowest BCUT2D eigenvalue weighted by Crippen LogP contribution is -2.37. The van der Waals surface area contributed by atoms with E-state index < -0.39 is 11.9 Å². The van der Waals surface area contributed by atoms with Crippen LogP contribution in [-0.2, 0) is 14.3 Å². The molecule has 1 heterocycles. The number of amides is 2. The molecule has 1 aliphatic rings. The predicted molar refractivity (Wildman–Crippen MR) is 111 cm³/mol. The fraction of sp³-hybridized carbons (Fsp3) is 0.227. The van der Waals surface area contributed by atoms with Crippen LogP contribution >= 0.6 is 0 Å². The monoisotopic (exact) mass is 408 g/mol. The van der Waals surface area contributed by atoms with Crippen LogP contribution in [0.3, 0.4) is 0 Å². The molecule has 2 N–H and O–H groups in total. The molecular formula is C22H22N3O5-. The molecular weight excluding hydrogens is 386 g/mol. The fourth-order valence-corrected chi connectivity index (χ4v) is 3.04. The number of hydrogen-bond donors (Lipinski definition) is 2. The molecule has 2 aromatic rings. The molecule has 2 amide bonds. The molecule has 8 nitrogen and oxygen atoms in total. The van der Waals surface area contributed by atoms with E-state index in [2.05, 4.69) is 15.5 Å². The number of benzene rings is 2. The summed E-state index contributed by atoms with van der Waals surface area (Å²) < 4.78 is 5.39. The van der Waals surface area contributed by atoms with E-state index in [1.54, 1.807) is 18.2 Å². The van der Waals surface area contributed by atoms with Gasteiger partial charge in [-0.05, 0) is 43.3 Å². The van der Waals surface area contributed by atoms with E-state index in [9.17, 15) is 19.5 Å². The van der Waals surface area contributed by atoms with Gasteiger partial charge >= 0.3 is 0 Å². The minimum atomic E-state index is -1.47. The Kier molecular flexibility index (Phi) is 6.82. The molecule has 0 bridgehead atoms. The third kappa shape index (κ3) is 5.68. The summed E-state index contributed by atoms with van der Waals surface area (Å²) in [7, 11) is 0. The van der Waals surface area contributed by atoms with Crippen LogP contribution < -0.4 is 20.6 Å². The number of ether oxygens (including phenoxy) is 1. The minimum absolute atomic E-state index is 0.318. The highest BCUT2D eigenvalue weighted by Gasteiger charge is 2.20. The van der Waals surface area contributed by atoms with Crippen molar-refractivity contribution in [2.24, 2.45) is 0 Å². The lowest BCUT2D eigenvalue weighted by Gasteiger charge is -2.30. The zero-order valence-electron chi connectivity index (χ0n) is 16.5. The molecule has 1 aliphatic heterocycles. The van der Waals surface area contributed by atoms with E-state index in [-0.39, 0.29) is 5.91 Å². The number of carbonyl (C=O) groups is 3. The number of carboxylic acids is 1. The zero-order valence-corrected chi connectivity index (χ0v) is 16.5. The van der Waals surface area contributed by atoms with Crippen molar-refractivity contribution in [1.29, 1.82) is 0 Å². The first-order valence-corrected chi connectivity index (χ1v) is 9.47. The molecule has 156 valence electrons. The van der Waals surface area contributed by atoms with Crippen molar-refractivity contribution in [2.75, 3.05) is 41.8 Å². The van der Waals surface area contributed by atoms with Crippen molar-refractivity contribution >= 4 is 34.8 Å². The Hall–Kier alpha value is -3.65. The SMILES string of the molecule is Cc1ccc(NC(=O)c2cc(NC(=O)/C=C\C(=O)[O-])ccc2N2CCOCC2)cc1. The average Bonchev–Trinajstić information content (AvgIpc) is 2.74. The van der Waals surface area contributed by atoms with Crippen molar-refractivity contribution in [3.05, 3.63) is 65.7 Å². The molecule has 3 rings (SSSR count). The molecule has 0 aliphatic carbocycles. The number of morpholine rings is 1. The minimum Gasteiger partial charge on any atom is -0.545 e. The Bertz CT molecular complexity index is 963. The second kappa shape index (κ2) is 9.71. The predicted octanol–water partition coefficient (Wildman–Crippen LogP) is 1.33. The van der Waals surface area contributed by atoms with E-state index in [1.807, 2.05) is 31.2 Å². The summed E-state index contributed by atoms with van der Waals surface area (Å²) in [5.74, 6) is -2.42. The molecule has 1 saturated heterocycles. The molecule has 2 aromatic carbocycles. The Morgan fingerprint density at radius 3 is 2.30 bits per heavy atom. The van der Waals surface area contributed by atoms with Gasteiger partial charge in [-0.15, -0.1) is 0 Å². The summed E-state index contributed by atoms with van der Waals surface area (Å²) in [5.41, 5.74) is 3.22. The number of carbonyl (C=O) groups excluding carboxylic acids is 3. The second-order valence-electron chi connectivity index (χ2n) is 6.79. The summed E-state index contributed by atoms with van der Waals surface area (Å²) >= 11 is 0. The van der Waals surface area contributed by atoms with E-state index in [0.717, 1.165) is 17.3 Å². The number of nitrogens with zero attached hydrogens (tertiary/aromatic N) is 1. The van der Waals surface area contributed by atoms with Gasteiger partial charge in [0.2, 0.25) is 5.91 Å². The van der Waals surface area contributed by atoms with Gasteiger partial charge in [0.1, 0.15) is 0 Å². The second-order valence-corrected chi connectivity index (χ2v) is 6.79. The maximum Gasteiger partial charge on any atom is 0.257 e. The van der Waals surface area contributed by atoms with Crippen LogP contribution in [-0.4, -0.2) is 44.1 Å². The van der Waals surface area contributed by atoms with Gasteiger partial charge in [-0.3, -0.25) is 9.59 Å². The van der Waals surface area contributed by atoms with Crippen LogP contribution in [0.1, 0.15) is 15.9 Å². The number of nitrogens with one attached hydrogen (secondary N) is 2. The van der Waals surface area contributed by atoms with Crippen LogP contribution in [0.25, 0.3) is 0 Å². The number of aliphatic carboxylic acids is 1. The van der Waals surface area contributed by atoms with Crippen molar-refractivity contribution in [1.82, 2.24) is 0 Å². The maximum absolute atomic E-state index is 13.0. The topological polar surface area (TPSA) is 111 Å². The van der Waals surface area contributed by atoms with Gasteiger partial charge in [0, 0.05) is 36.2 Å². The normalized spacial score (nSPS) is 13.8. The van der Waals surface area contributed by atoms with E-state index in [4.69, 9.17) is 4.74 Å². The number of hydrogen-bond acceptors (Lipinski definition) is 6. The van der Waals surface area contributed by atoms with Gasteiger partial charge in [0.25, 0.3) is 5.91 Å². The molecule has 0 radical (unpaired) electrons. The first-order valence-electron chi connectivity index (χ1n) is 9.47. The van der Waals surface area contributed by atoms with Gasteiger partial charge < -0.3 is 30.2 Å². The molecule has 0 unspecified atom stereocenters. The molecule has 0 atom stereocenters. The van der Waals surface area contributed by atoms with E-state index >= 15 is 0 Å². The molecule has 8 heteroatoms. The maximum atomic E-state index is 13.0. The Morgan fingerprint density at radius 2 is 1.63 bits per heavy atom. The van der Waals surface area contributed by atoms with Gasteiger partial charge in [0.05, 0.1) is 24.7 Å². The van der Waals surface area contributed by atoms with Gasteiger partial charge in [-0.25, -0.2) is 0 Å². The largest absolute Gasteiger partial charge is 0.545 e. The summed E-state index contributed by atoms with van der Waals surface area (Å²) in [5, 5.41) is 15.9. The van der Waals surface area contributed by atoms with Crippen LogP contribution in [0, 0.1) is 6.92 Å². The van der Waals surface area contributed by atoms with Crippen molar-refractivity contribution in [2.45, 2.75) is 6.92 Å². The molecule has 30 heavy (non-hydrogen) atoms. The Labute approximate surface area is 174 Å². The first-order chi connectivity index (χ1) is 14.4. The highest BCUT2D eigenvalue weighted by atomic mass is 16.5. The quantitative estimate of drug-likeness (QED) is 0.698. The molecule has 0 spiro atoms. The van der Waals surface area contributed by atoms with Crippen molar-refractivity contribution in [3.8, 4) is 0 Å². The number of aryl methyl sites for hydroxylation is 1. The lowest BCUT2D eigenvalue weighted by molar-refractivity contribution is -0.297. The highest BCUT2D eigenvalue weighted by molar-refractivity contribution is 6.10. The average molecular weight is 408 g/mol. The summed E-state index contributed by atoms with van der Waals surface area (Å²) in [6.45, 7) is 4.37. The van der Waals surface area contributed by atoms with Gasteiger partial charge in [0.15, 0.2) is 0 Å². The number of carboxylic acid groups (broad SMARTS) is 1. The van der Waals surface area contributed by atoms with Crippen LogP contribution in [0.5, 0.6) is 0 Å². The third-order valence-electron chi connectivity index (χ3n) is 4.54.